The van der Waals surface area contributed by atoms with E-state index in [0.717, 1.165) is 18.9 Å². The first-order valence-corrected chi connectivity index (χ1v) is 8.19. The quantitative estimate of drug-likeness (QED) is 0.887. The van der Waals surface area contributed by atoms with Gasteiger partial charge in [-0.2, -0.15) is 0 Å². The molecule has 3 heteroatoms. The summed E-state index contributed by atoms with van der Waals surface area (Å²) >= 11 is 0. The summed E-state index contributed by atoms with van der Waals surface area (Å²) in [5, 5.41) is 3.42. The van der Waals surface area contributed by atoms with Crippen LogP contribution in [0.15, 0.2) is 0 Å². The smallest absolute Gasteiger partial charge is 0.131 e. The Kier molecular flexibility index (Phi) is 5.53. The zero-order valence-corrected chi connectivity index (χ0v) is 13.5. The van der Waals surface area contributed by atoms with Crippen molar-refractivity contribution in [3.05, 3.63) is 22.8 Å². The molecule has 0 spiro atoms. The summed E-state index contributed by atoms with van der Waals surface area (Å²) in [6.07, 6.45) is 6.60. The van der Waals surface area contributed by atoms with Gasteiger partial charge in [0.2, 0.25) is 0 Å². The Morgan fingerprint density at radius 1 is 1.10 bits per heavy atom. The Labute approximate surface area is 123 Å². The highest BCUT2D eigenvalue weighted by atomic mass is 14.9. The molecular weight excluding hydrogens is 246 g/mol. The van der Waals surface area contributed by atoms with E-state index in [1.165, 1.54) is 49.1 Å². The van der Waals surface area contributed by atoms with Gasteiger partial charge in [0.05, 0.1) is 0 Å². The second kappa shape index (κ2) is 7.16. The number of aryl methyl sites for hydroxylation is 2. The third kappa shape index (κ3) is 3.57. The first-order chi connectivity index (χ1) is 9.63. The molecule has 3 nitrogen and oxygen atoms in total. The van der Waals surface area contributed by atoms with Crippen molar-refractivity contribution in [1.82, 2.24) is 15.3 Å². The standard InChI is InChI=1S/C17H29N3/c1-5-18-11-12(2)16-13(3)19-17(20-14(16)4)15-9-7-6-8-10-15/h12,15,18H,5-11H2,1-4H3. The van der Waals surface area contributed by atoms with Crippen LogP contribution in [0, 0.1) is 13.8 Å². The van der Waals surface area contributed by atoms with E-state index in [-0.39, 0.29) is 0 Å². The van der Waals surface area contributed by atoms with Gasteiger partial charge in [0.1, 0.15) is 5.82 Å². The van der Waals surface area contributed by atoms with E-state index in [2.05, 4.69) is 33.0 Å². The van der Waals surface area contributed by atoms with Gasteiger partial charge in [-0.05, 0) is 44.7 Å². The van der Waals surface area contributed by atoms with Crippen LogP contribution in [0.25, 0.3) is 0 Å². The molecule has 0 radical (unpaired) electrons. The lowest BCUT2D eigenvalue weighted by Gasteiger charge is -2.23. The van der Waals surface area contributed by atoms with Gasteiger partial charge in [0.25, 0.3) is 0 Å². The van der Waals surface area contributed by atoms with Crippen LogP contribution in [-0.2, 0) is 0 Å². The number of hydrogen-bond donors (Lipinski definition) is 1. The molecule has 1 fully saturated rings. The first-order valence-electron chi connectivity index (χ1n) is 8.19. The Hall–Kier alpha value is -0.960. The van der Waals surface area contributed by atoms with Crippen LogP contribution < -0.4 is 5.32 Å². The molecule has 1 unspecified atom stereocenters. The number of nitrogens with zero attached hydrogens (tertiary/aromatic N) is 2. The van der Waals surface area contributed by atoms with Crippen molar-refractivity contribution < 1.29 is 0 Å². The van der Waals surface area contributed by atoms with E-state index in [0.29, 0.717) is 11.8 Å². The van der Waals surface area contributed by atoms with Crippen molar-refractivity contribution in [2.24, 2.45) is 0 Å². The highest BCUT2D eigenvalue weighted by molar-refractivity contribution is 5.29. The van der Waals surface area contributed by atoms with Gasteiger partial charge < -0.3 is 5.32 Å². The van der Waals surface area contributed by atoms with Crippen molar-refractivity contribution in [3.63, 3.8) is 0 Å². The first kappa shape index (κ1) is 15.4. The highest BCUT2D eigenvalue weighted by Gasteiger charge is 2.21. The van der Waals surface area contributed by atoms with Crippen LogP contribution in [0.4, 0.5) is 0 Å². The van der Waals surface area contributed by atoms with E-state index >= 15 is 0 Å². The number of likely N-dealkylation sites (N-methyl/N-ethyl adjacent to an activating group) is 1. The largest absolute Gasteiger partial charge is 0.316 e. The van der Waals surface area contributed by atoms with Crippen LogP contribution >= 0.6 is 0 Å². The SMILES string of the molecule is CCNCC(C)c1c(C)nc(C2CCCCC2)nc1C. The molecule has 1 aromatic rings. The van der Waals surface area contributed by atoms with E-state index in [1.807, 2.05) is 0 Å². The molecule has 1 atom stereocenters. The molecule has 2 rings (SSSR count). The number of nitrogens with one attached hydrogen (secondary N) is 1. The average Bonchev–Trinajstić information content (AvgIpc) is 2.45. The Morgan fingerprint density at radius 3 is 2.25 bits per heavy atom. The number of aromatic nitrogens is 2. The molecule has 0 amide bonds. The monoisotopic (exact) mass is 275 g/mol. The summed E-state index contributed by atoms with van der Waals surface area (Å²) in [5.41, 5.74) is 3.71. The van der Waals surface area contributed by atoms with E-state index in [9.17, 15) is 0 Å². The second-order valence-corrected chi connectivity index (χ2v) is 6.21. The van der Waals surface area contributed by atoms with Crippen molar-refractivity contribution in [2.45, 2.75) is 71.6 Å². The fourth-order valence-corrected chi connectivity index (χ4v) is 3.47. The number of hydrogen-bond acceptors (Lipinski definition) is 3. The second-order valence-electron chi connectivity index (χ2n) is 6.21. The lowest BCUT2D eigenvalue weighted by Crippen LogP contribution is -2.22. The Morgan fingerprint density at radius 2 is 1.70 bits per heavy atom. The normalized spacial score (nSPS) is 18.2. The lowest BCUT2D eigenvalue weighted by atomic mass is 9.88. The van der Waals surface area contributed by atoms with Crippen molar-refractivity contribution in [1.29, 1.82) is 0 Å². The highest BCUT2D eigenvalue weighted by Crippen LogP contribution is 2.32. The van der Waals surface area contributed by atoms with Crippen molar-refractivity contribution >= 4 is 0 Å². The van der Waals surface area contributed by atoms with Gasteiger partial charge >= 0.3 is 0 Å². The van der Waals surface area contributed by atoms with Gasteiger partial charge in [-0.15, -0.1) is 0 Å². The summed E-state index contributed by atoms with van der Waals surface area (Å²) in [6.45, 7) is 10.7. The molecule has 0 bridgehead atoms. The summed E-state index contributed by atoms with van der Waals surface area (Å²) in [5.74, 6) is 2.17. The zero-order valence-electron chi connectivity index (χ0n) is 13.5. The summed E-state index contributed by atoms with van der Waals surface area (Å²) in [4.78, 5) is 9.70. The maximum Gasteiger partial charge on any atom is 0.131 e. The molecule has 112 valence electrons. The van der Waals surface area contributed by atoms with Gasteiger partial charge in [-0.25, -0.2) is 9.97 Å². The minimum atomic E-state index is 0.482. The maximum atomic E-state index is 4.85. The molecule has 1 heterocycles. The summed E-state index contributed by atoms with van der Waals surface area (Å²) in [7, 11) is 0. The van der Waals surface area contributed by atoms with Crippen LogP contribution in [-0.4, -0.2) is 23.1 Å². The average molecular weight is 275 g/mol. The molecule has 1 aliphatic carbocycles. The van der Waals surface area contributed by atoms with Crippen LogP contribution in [0.2, 0.25) is 0 Å². The third-order valence-electron chi connectivity index (χ3n) is 4.51. The zero-order chi connectivity index (χ0) is 14.5. The molecular formula is C17H29N3. The van der Waals surface area contributed by atoms with Crippen LogP contribution in [0.5, 0.6) is 0 Å². The van der Waals surface area contributed by atoms with Crippen LogP contribution in [0.3, 0.4) is 0 Å². The molecule has 0 aliphatic heterocycles. The van der Waals surface area contributed by atoms with E-state index in [1.54, 1.807) is 0 Å². The molecule has 0 aromatic carbocycles. The Bertz CT molecular complexity index is 413. The predicted molar refractivity (Wildman–Crippen MR) is 84.3 cm³/mol. The third-order valence-corrected chi connectivity index (χ3v) is 4.51. The topological polar surface area (TPSA) is 37.8 Å². The fraction of sp³-hybridized carbons (Fsp3) is 0.765. The number of rotatable bonds is 5. The van der Waals surface area contributed by atoms with E-state index in [4.69, 9.17) is 9.97 Å². The molecule has 1 aromatic heterocycles. The van der Waals surface area contributed by atoms with Gasteiger partial charge in [-0.3, -0.25) is 0 Å². The maximum absolute atomic E-state index is 4.85. The van der Waals surface area contributed by atoms with Crippen LogP contribution in [0.1, 0.15) is 80.6 Å². The van der Waals surface area contributed by atoms with Gasteiger partial charge in [0, 0.05) is 23.9 Å². The minimum Gasteiger partial charge on any atom is -0.316 e. The molecule has 0 saturated heterocycles. The molecule has 20 heavy (non-hydrogen) atoms. The predicted octanol–water partition coefficient (Wildman–Crippen LogP) is 3.85. The Balaban J connectivity index is 2.19. The van der Waals surface area contributed by atoms with Gasteiger partial charge in [0.15, 0.2) is 0 Å². The molecule has 1 saturated carbocycles. The lowest BCUT2D eigenvalue weighted by molar-refractivity contribution is 0.426. The van der Waals surface area contributed by atoms with Gasteiger partial charge in [-0.1, -0.05) is 33.1 Å². The minimum absolute atomic E-state index is 0.482. The van der Waals surface area contributed by atoms with Crippen molar-refractivity contribution in [3.8, 4) is 0 Å². The van der Waals surface area contributed by atoms with Crippen molar-refractivity contribution in [2.75, 3.05) is 13.1 Å². The fourth-order valence-electron chi connectivity index (χ4n) is 3.47. The molecule has 1 N–H and O–H groups in total. The molecule has 1 aliphatic rings. The van der Waals surface area contributed by atoms with E-state index < -0.39 is 0 Å². The summed E-state index contributed by atoms with van der Waals surface area (Å²) in [6, 6.07) is 0. The summed E-state index contributed by atoms with van der Waals surface area (Å²) < 4.78 is 0.